The molecule has 2 saturated heterocycles. The van der Waals surface area contributed by atoms with E-state index in [0.29, 0.717) is 6.04 Å². The Bertz CT molecular complexity index is 811. The Kier molecular flexibility index (Phi) is 4.95. The van der Waals surface area contributed by atoms with Crippen LogP contribution in [0.15, 0.2) is 42.5 Å². The quantitative estimate of drug-likeness (QED) is 0.793. The third-order valence-corrected chi connectivity index (χ3v) is 6.43. The van der Waals surface area contributed by atoms with E-state index in [1.54, 1.807) is 12.1 Å². The van der Waals surface area contributed by atoms with Crippen molar-refractivity contribution in [3.8, 4) is 5.75 Å². The first-order valence-corrected chi connectivity index (χ1v) is 10.5. The van der Waals surface area contributed by atoms with Crippen LogP contribution in [0.4, 0.5) is 10.1 Å². The Morgan fingerprint density at radius 2 is 1.75 bits per heavy atom. The molecule has 3 aliphatic rings. The molecule has 0 aromatic heterocycles. The van der Waals surface area contributed by atoms with E-state index in [1.165, 1.54) is 24.2 Å². The van der Waals surface area contributed by atoms with Gasteiger partial charge in [-0.15, -0.1) is 0 Å². The summed E-state index contributed by atoms with van der Waals surface area (Å²) in [7, 11) is 0. The van der Waals surface area contributed by atoms with Gasteiger partial charge in [0.15, 0.2) is 0 Å². The molecule has 0 amide bonds. The van der Waals surface area contributed by atoms with Gasteiger partial charge in [0.05, 0.1) is 6.61 Å². The number of anilines is 1. The molecule has 0 unspecified atom stereocenters. The molecule has 2 fully saturated rings. The van der Waals surface area contributed by atoms with Crippen LogP contribution in [-0.2, 0) is 12.8 Å². The topological polar surface area (TPSA) is 19.0 Å². The molecule has 3 heterocycles. The molecule has 3 aliphatic heterocycles. The Morgan fingerprint density at radius 1 is 0.964 bits per heavy atom. The molecule has 0 radical (unpaired) electrons. The molecule has 0 saturated carbocycles. The third-order valence-electron chi connectivity index (χ3n) is 6.43. The number of piperazine rings is 1. The number of fused-ring (bicyclic) bond motifs is 1. The van der Waals surface area contributed by atoms with Crippen molar-refractivity contribution in [2.75, 3.05) is 57.3 Å². The smallest absolute Gasteiger partial charge is 0.123 e. The summed E-state index contributed by atoms with van der Waals surface area (Å²) in [6, 6.07) is 14.3. The normalized spacial score (nSPS) is 20.7. The largest absolute Gasteiger partial charge is 0.493 e. The van der Waals surface area contributed by atoms with E-state index in [0.717, 1.165) is 63.6 Å². The molecule has 0 aliphatic carbocycles. The second-order valence-electron chi connectivity index (χ2n) is 8.20. The lowest BCUT2D eigenvalue weighted by Gasteiger charge is -2.48. The summed E-state index contributed by atoms with van der Waals surface area (Å²) in [6.07, 6.45) is 2.18. The van der Waals surface area contributed by atoms with Crippen LogP contribution in [0.5, 0.6) is 5.75 Å². The molecule has 5 rings (SSSR count). The maximum atomic E-state index is 13.1. The lowest BCUT2D eigenvalue weighted by atomic mass is 10.0. The lowest BCUT2D eigenvalue weighted by Crippen LogP contribution is -2.63. The fourth-order valence-corrected chi connectivity index (χ4v) is 4.64. The van der Waals surface area contributed by atoms with Gasteiger partial charge in [0.1, 0.15) is 11.6 Å². The predicted molar refractivity (Wildman–Crippen MR) is 110 cm³/mol. The van der Waals surface area contributed by atoms with Crippen LogP contribution in [0.2, 0.25) is 0 Å². The van der Waals surface area contributed by atoms with Crippen molar-refractivity contribution in [2.45, 2.75) is 18.9 Å². The molecular weight excluding hydrogens is 353 g/mol. The van der Waals surface area contributed by atoms with Crippen molar-refractivity contribution in [1.29, 1.82) is 0 Å². The molecular formula is C23H28FN3O. The molecule has 148 valence electrons. The standard InChI is InChI=1S/C23H28FN3O/c24-20-2-4-21(5-3-20)26-10-12-27(13-11-26)22-16-25(17-22)9-7-18-1-6-23-19(15-18)8-14-28-23/h1-6,15,22H,7-14,16-17H2. The van der Waals surface area contributed by atoms with Gasteiger partial charge in [0, 0.05) is 64.0 Å². The second-order valence-corrected chi connectivity index (χ2v) is 8.20. The number of nitrogens with zero attached hydrogens (tertiary/aromatic N) is 3. The van der Waals surface area contributed by atoms with Gasteiger partial charge in [-0.05, 0) is 47.9 Å². The number of hydrogen-bond donors (Lipinski definition) is 0. The predicted octanol–water partition coefficient (Wildman–Crippen LogP) is 2.81. The highest BCUT2D eigenvalue weighted by molar-refractivity contribution is 5.46. The van der Waals surface area contributed by atoms with Crippen LogP contribution in [0.1, 0.15) is 11.1 Å². The van der Waals surface area contributed by atoms with Crippen molar-refractivity contribution in [1.82, 2.24) is 9.80 Å². The second kappa shape index (κ2) is 7.72. The summed E-state index contributed by atoms with van der Waals surface area (Å²) in [6.45, 7) is 8.60. The van der Waals surface area contributed by atoms with Crippen LogP contribution >= 0.6 is 0 Å². The van der Waals surface area contributed by atoms with E-state index in [9.17, 15) is 4.39 Å². The first-order chi connectivity index (χ1) is 13.7. The van der Waals surface area contributed by atoms with E-state index in [2.05, 4.69) is 32.9 Å². The monoisotopic (exact) mass is 381 g/mol. The maximum absolute atomic E-state index is 13.1. The van der Waals surface area contributed by atoms with Crippen molar-refractivity contribution in [2.24, 2.45) is 0 Å². The van der Waals surface area contributed by atoms with Gasteiger partial charge in [-0.2, -0.15) is 0 Å². The minimum absolute atomic E-state index is 0.162. The summed E-state index contributed by atoms with van der Waals surface area (Å²) >= 11 is 0. The van der Waals surface area contributed by atoms with Crippen molar-refractivity contribution < 1.29 is 9.13 Å². The zero-order valence-corrected chi connectivity index (χ0v) is 16.3. The third kappa shape index (κ3) is 3.74. The molecule has 5 heteroatoms. The van der Waals surface area contributed by atoms with Crippen molar-refractivity contribution in [3.05, 3.63) is 59.4 Å². The number of likely N-dealkylation sites (tertiary alicyclic amines) is 1. The minimum Gasteiger partial charge on any atom is -0.493 e. The van der Waals surface area contributed by atoms with Gasteiger partial charge in [-0.1, -0.05) is 12.1 Å². The average molecular weight is 381 g/mol. The van der Waals surface area contributed by atoms with Crippen LogP contribution in [0.3, 0.4) is 0 Å². The molecule has 0 atom stereocenters. The zero-order chi connectivity index (χ0) is 18.9. The molecule has 2 aromatic carbocycles. The SMILES string of the molecule is Fc1ccc(N2CCN(C3CN(CCc4ccc5c(c4)CCO5)C3)CC2)cc1. The highest BCUT2D eigenvalue weighted by Gasteiger charge is 2.33. The number of ether oxygens (including phenoxy) is 1. The Balaban J connectivity index is 1.05. The van der Waals surface area contributed by atoms with Crippen LogP contribution in [0, 0.1) is 5.82 Å². The summed E-state index contributed by atoms with van der Waals surface area (Å²) in [5.41, 5.74) is 3.94. The van der Waals surface area contributed by atoms with Crippen LogP contribution < -0.4 is 9.64 Å². The van der Waals surface area contributed by atoms with Gasteiger partial charge in [-0.25, -0.2) is 4.39 Å². The van der Waals surface area contributed by atoms with E-state index in [4.69, 9.17) is 4.74 Å². The summed E-state index contributed by atoms with van der Waals surface area (Å²) < 4.78 is 18.7. The Morgan fingerprint density at radius 3 is 2.54 bits per heavy atom. The van der Waals surface area contributed by atoms with Gasteiger partial charge in [0.25, 0.3) is 0 Å². The number of halogens is 1. The Hall–Kier alpha value is -2.11. The molecule has 28 heavy (non-hydrogen) atoms. The van der Waals surface area contributed by atoms with Gasteiger partial charge >= 0.3 is 0 Å². The first kappa shape index (κ1) is 18.0. The highest BCUT2D eigenvalue weighted by atomic mass is 19.1. The fourth-order valence-electron chi connectivity index (χ4n) is 4.64. The number of hydrogen-bond acceptors (Lipinski definition) is 4. The van der Waals surface area contributed by atoms with E-state index >= 15 is 0 Å². The van der Waals surface area contributed by atoms with Crippen LogP contribution in [-0.4, -0.2) is 68.3 Å². The fraction of sp³-hybridized carbons (Fsp3) is 0.478. The number of rotatable bonds is 5. The van der Waals surface area contributed by atoms with Crippen LogP contribution in [0.25, 0.3) is 0 Å². The lowest BCUT2D eigenvalue weighted by molar-refractivity contribution is 0.0317. The zero-order valence-electron chi connectivity index (χ0n) is 16.3. The molecule has 4 nitrogen and oxygen atoms in total. The Labute approximate surface area is 166 Å². The highest BCUT2D eigenvalue weighted by Crippen LogP contribution is 2.26. The minimum atomic E-state index is -0.162. The molecule has 0 N–H and O–H groups in total. The maximum Gasteiger partial charge on any atom is 0.123 e. The average Bonchev–Trinajstić information content (AvgIpc) is 3.16. The van der Waals surface area contributed by atoms with Gasteiger partial charge < -0.3 is 9.64 Å². The molecule has 2 aromatic rings. The molecule has 0 bridgehead atoms. The van der Waals surface area contributed by atoms with Gasteiger partial charge in [-0.3, -0.25) is 9.80 Å². The van der Waals surface area contributed by atoms with E-state index < -0.39 is 0 Å². The number of benzene rings is 2. The van der Waals surface area contributed by atoms with Crippen molar-refractivity contribution in [3.63, 3.8) is 0 Å². The molecule has 0 spiro atoms. The summed E-state index contributed by atoms with van der Waals surface area (Å²) in [4.78, 5) is 7.56. The summed E-state index contributed by atoms with van der Waals surface area (Å²) in [5.74, 6) is 0.915. The summed E-state index contributed by atoms with van der Waals surface area (Å²) in [5, 5.41) is 0. The van der Waals surface area contributed by atoms with Crippen molar-refractivity contribution >= 4 is 5.69 Å². The van der Waals surface area contributed by atoms with E-state index in [-0.39, 0.29) is 5.82 Å². The van der Waals surface area contributed by atoms with Gasteiger partial charge in [0.2, 0.25) is 0 Å². The first-order valence-electron chi connectivity index (χ1n) is 10.5. The van der Waals surface area contributed by atoms with E-state index in [1.807, 2.05) is 12.1 Å².